The standard InChI is InChI=1S/C10H12BrN5O2/c1-5-7(11)6(2)16(15-5)8-12-9(17-3)14-10(13-8)18-4/h1-4H3. The van der Waals surface area contributed by atoms with Crippen LogP contribution in [0.15, 0.2) is 4.47 Å². The Morgan fingerprint density at radius 1 is 1.00 bits per heavy atom. The van der Waals surface area contributed by atoms with Gasteiger partial charge in [0.05, 0.1) is 30.1 Å². The minimum Gasteiger partial charge on any atom is -0.467 e. The van der Waals surface area contributed by atoms with Crippen molar-refractivity contribution in [2.45, 2.75) is 13.8 Å². The van der Waals surface area contributed by atoms with E-state index in [1.165, 1.54) is 14.2 Å². The number of hydrogen-bond acceptors (Lipinski definition) is 6. The van der Waals surface area contributed by atoms with E-state index in [4.69, 9.17) is 9.47 Å². The van der Waals surface area contributed by atoms with Crippen LogP contribution in [0.2, 0.25) is 0 Å². The largest absolute Gasteiger partial charge is 0.467 e. The molecule has 0 aliphatic rings. The van der Waals surface area contributed by atoms with Crippen LogP contribution in [0.3, 0.4) is 0 Å². The molecule has 0 bridgehead atoms. The fourth-order valence-electron chi connectivity index (χ4n) is 1.42. The summed E-state index contributed by atoms with van der Waals surface area (Å²) in [5.74, 6) is 0.352. The van der Waals surface area contributed by atoms with E-state index in [1.54, 1.807) is 4.68 Å². The molecule has 2 aromatic rings. The van der Waals surface area contributed by atoms with Gasteiger partial charge in [-0.3, -0.25) is 0 Å². The van der Waals surface area contributed by atoms with Crippen LogP contribution in [-0.4, -0.2) is 39.0 Å². The van der Waals surface area contributed by atoms with Crippen molar-refractivity contribution in [1.82, 2.24) is 24.7 Å². The van der Waals surface area contributed by atoms with Gasteiger partial charge < -0.3 is 9.47 Å². The fraction of sp³-hybridized carbons (Fsp3) is 0.400. The lowest BCUT2D eigenvalue weighted by atomic mass is 10.4. The summed E-state index contributed by atoms with van der Waals surface area (Å²) in [6.45, 7) is 3.80. The summed E-state index contributed by atoms with van der Waals surface area (Å²) in [6.07, 6.45) is 0. The molecule has 7 nitrogen and oxygen atoms in total. The van der Waals surface area contributed by atoms with Crippen LogP contribution in [0.1, 0.15) is 11.4 Å². The van der Waals surface area contributed by atoms with Crippen molar-refractivity contribution >= 4 is 15.9 Å². The van der Waals surface area contributed by atoms with Gasteiger partial charge in [-0.2, -0.15) is 15.1 Å². The Bertz CT molecular complexity index is 562. The van der Waals surface area contributed by atoms with Gasteiger partial charge in [0.15, 0.2) is 0 Å². The van der Waals surface area contributed by atoms with Gasteiger partial charge in [0.1, 0.15) is 0 Å². The van der Waals surface area contributed by atoms with Crippen molar-refractivity contribution in [3.63, 3.8) is 0 Å². The lowest BCUT2D eigenvalue weighted by molar-refractivity contribution is 0.338. The molecule has 2 aromatic heterocycles. The topological polar surface area (TPSA) is 75.0 Å². The predicted octanol–water partition coefficient (Wildman–Crippen LogP) is 1.45. The normalized spacial score (nSPS) is 10.5. The van der Waals surface area contributed by atoms with E-state index in [0.717, 1.165) is 15.9 Å². The molecule has 96 valence electrons. The van der Waals surface area contributed by atoms with Crippen molar-refractivity contribution in [2.75, 3.05) is 14.2 Å². The first-order chi connectivity index (χ1) is 8.56. The molecule has 0 unspecified atom stereocenters. The quantitative estimate of drug-likeness (QED) is 0.854. The van der Waals surface area contributed by atoms with Crippen LogP contribution in [-0.2, 0) is 0 Å². The molecular weight excluding hydrogens is 302 g/mol. The Hall–Kier alpha value is -1.70. The third-order valence-electron chi connectivity index (χ3n) is 2.34. The highest BCUT2D eigenvalue weighted by Crippen LogP contribution is 2.22. The average Bonchev–Trinajstić information content (AvgIpc) is 2.65. The molecule has 0 atom stereocenters. The van der Waals surface area contributed by atoms with Gasteiger partial charge in [-0.05, 0) is 29.8 Å². The number of ether oxygens (including phenoxy) is 2. The highest BCUT2D eigenvalue weighted by Gasteiger charge is 2.15. The van der Waals surface area contributed by atoms with Gasteiger partial charge in [0.2, 0.25) is 0 Å². The van der Waals surface area contributed by atoms with Crippen molar-refractivity contribution in [2.24, 2.45) is 0 Å². The van der Waals surface area contributed by atoms with Gasteiger partial charge in [-0.15, -0.1) is 4.98 Å². The van der Waals surface area contributed by atoms with E-state index in [2.05, 4.69) is 36.0 Å². The van der Waals surface area contributed by atoms with Crippen LogP contribution >= 0.6 is 15.9 Å². The van der Waals surface area contributed by atoms with Gasteiger partial charge in [-0.1, -0.05) is 0 Å². The Morgan fingerprint density at radius 3 is 1.94 bits per heavy atom. The van der Waals surface area contributed by atoms with E-state index in [9.17, 15) is 0 Å². The van der Waals surface area contributed by atoms with E-state index in [-0.39, 0.29) is 12.0 Å². The van der Waals surface area contributed by atoms with E-state index >= 15 is 0 Å². The van der Waals surface area contributed by atoms with Gasteiger partial charge in [-0.25, -0.2) is 4.68 Å². The highest BCUT2D eigenvalue weighted by atomic mass is 79.9. The minimum absolute atomic E-state index is 0.181. The first-order valence-electron chi connectivity index (χ1n) is 5.13. The van der Waals surface area contributed by atoms with Crippen LogP contribution in [0, 0.1) is 13.8 Å². The van der Waals surface area contributed by atoms with E-state index in [1.807, 2.05) is 13.8 Å². The van der Waals surface area contributed by atoms with Gasteiger partial charge in [0, 0.05) is 0 Å². The van der Waals surface area contributed by atoms with E-state index in [0.29, 0.717) is 5.95 Å². The zero-order valence-corrected chi connectivity index (χ0v) is 12.0. The second-order valence-corrected chi connectivity index (χ2v) is 4.30. The first-order valence-corrected chi connectivity index (χ1v) is 5.92. The van der Waals surface area contributed by atoms with Crippen LogP contribution in [0.25, 0.3) is 5.95 Å². The lowest BCUT2D eigenvalue weighted by Crippen LogP contribution is -2.09. The fourth-order valence-corrected chi connectivity index (χ4v) is 1.67. The average molecular weight is 314 g/mol. The van der Waals surface area contributed by atoms with Gasteiger partial charge >= 0.3 is 12.0 Å². The summed E-state index contributed by atoms with van der Waals surface area (Å²) in [5, 5.41) is 4.34. The molecule has 0 radical (unpaired) electrons. The molecule has 0 aliphatic carbocycles. The molecule has 2 rings (SSSR count). The van der Waals surface area contributed by atoms with E-state index < -0.39 is 0 Å². The lowest BCUT2D eigenvalue weighted by Gasteiger charge is -2.06. The Balaban J connectivity index is 2.59. The second-order valence-electron chi connectivity index (χ2n) is 3.51. The highest BCUT2D eigenvalue weighted by molar-refractivity contribution is 9.10. The molecule has 8 heteroatoms. The Morgan fingerprint density at radius 2 is 1.56 bits per heavy atom. The molecule has 0 fully saturated rings. The Kier molecular flexibility index (Phi) is 3.46. The molecule has 0 saturated carbocycles. The van der Waals surface area contributed by atoms with Crippen LogP contribution in [0.5, 0.6) is 12.0 Å². The number of hydrogen-bond donors (Lipinski definition) is 0. The zero-order valence-electron chi connectivity index (χ0n) is 10.4. The summed E-state index contributed by atoms with van der Waals surface area (Å²) < 4.78 is 12.5. The summed E-state index contributed by atoms with van der Waals surface area (Å²) in [4.78, 5) is 12.2. The van der Waals surface area contributed by atoms with Crippen molar-refractivity contribution in [3.05, 3.63) is 15.9 Å². The summed E-state index contributed by atoms with van der Waals surface area (Å²) in [7, 11) is 2.96. The SMILES string of the molecule is COc1nc(OC)nc(-n2nc(C)c(Br)c2C)n1. The summed E-state index contributed by atoms with van der Waals surface area (Å²) in [5.41, 5.74) is 1.74. The summed E-state index contributed by atoms with van der Waals surface area (Å²) >= 11 is 3.45. The number of rotatable bonds is 3. The molecular formula is C10H12BrN5O2. The maximum Gasteiger partial charge on any atom is 0.324 e. The minimum atomic E-state index is 0.181. The number of methoxy groups -OCH3 is 2. The van der Waals surface area contributed by atoms with Gasteiger partial charge in [0.25, 0.3) is 5.95 Å². The number of halogens is 1. The molecule has 0 N–H and O–H groups in total. The molecule has 0 aliphatic heterocycles. The van der Waals surface area contributed by atoms with Crippen molar-refractivity contribution in [1.29, 1.82) is 0 Å². The number of nitrogens with zero attached hydrogens (tertiary/aromatic N) is 5. The van der Waals surface area contributed by atoms with Crippen LogP contribution < -0.4 is 9.47 Å². The molecule has 0 saturated heterocycles. The molecule has 0 spiro atoms. The predicted molar refractivity (Wildman–Crippen MR) is 67.2 cm³/mol. The smallest absolute Gasteiger partial charge is 0.324 e. The zero-order chi connectivity index (χ0) is 13.3. The third-order valence-corrected chi connectivity index (χ3v) is 3.49. The summed E-state index contributed by atoms with van der Waals surface area (Å²) in [6, 6.07) is 0.362. The van der Waals surface area contributed by atoms with Crippen LogP contribution in [0.4, 0.5) is 0 Å². The Labute approximate surface area is 112 Å². The maximum absolute atomic E-state index is 5.00. The third kappa shape index (κ3) is 2.15. The first kappa shape index (κ1) is 12.7. The molecule has 18 heavy (non-hydrogen) atoms. The molecule has 0 amide bonds. The monoisotopic (exact) mass is 313 g/mol. The second kappa shape index (κ2) is 4.89. The molecule has 2 heterocycles. The van der Waals surface area contributed by atoms with Crippen molar-refractivity contribution < 1.29 is 9.47 Å². The number of aryl methyl sites for hydroxylation is 1. The number of aromatic nitrogens is 5. The van der Waals surface area contributed by atoms with Crippen molar-refractivity contribution in [3.8, 4) is 18.0 Å². The molecule has 0 aromatic carbocycles. The maximum atomic E-state index is 5.00.